The van der Waals surface area contributed by atoms with Crippen LogP contribution in [-0.4, -0.2) is 21.2 Å². The fourth-order valence-corrected chi connectivity index (χ4v) is 3.99. The second-order valence-corrected chi connectivity index (χ2v) is 7.42. The molecule has 0 saturated heterocycles. The van der Waals surface area contributed by atoms with Gasteiger partial charge in [-0.2, -0.15) is 0 Å². The van der Waals surface area contributed by atoms with Gasteiger partial charge in [-0.15, -0.1) is 0 Å². The van der Waals surface area contributed by atoms with Crippen molar-refractivity contribution >= 4 is 21.9 Å². The topological polar surface area (TPSA) is 49.0 Å². The van der Waals surface area contributed by atoms with Gasteiger partial charge in [0.1, 0.15) is 22.6 Å². The Morgan fingerprint density at radius 1 is 0.968 bits per heavy atom. The molecule has 5 rings (SSSR count). The van der Waals surface area contributed by atoms with Gasteiger partial charge in [-0.3, -0.25) is 9.36 Å². The Bertz CT molecular complexity index is 1470. The molecular formula is C25H20FN3O2. The van der Waals surface area contributed by atoms with Crippen LogP contribution in [0.15, 0.2) is 83.9 Å². The minimum atomic E-state index is -0.297. The van der Waals surface area contributed by atoms with E-state index in [1.165, 1.54) is 6.07 Å². The molecule has 0 aliphatic heterocycles. The summed E-state index contributed by atoms with van der Waals surface area (Å²) in [5, 5.41) is 0.875. The predicted octanol–water partition coefficient (Wildman–Crippen LogP) is 4.60. The first-order valence-electron chi connectivity index (χ1n) is 9.98. The Morgan fingerprint density at radius 2 is 1.77 bits per heavy atom. The average molecular weight is 413 g/mol. The molecule has 0 fully saturated rings. The second kappa shape index (κ2) is 7.72. The quantitative estimate of drug-likeness (QED) is 0.423. The van der Waals surface area contributed by atoms with Crippen LogP contribution in [0, 0.1) is 5.82 Å². The molecule has 0 aliphatic rings. The third-order valence-corrected chi connectivity index (χ3v) is 5.51. The molecule has 0 atom stereocenters. The maximum atomic E-state index is 14.4. The second-order valence-electron chi connectivity index (χ2n) is 7.42. The van der Waals surface area contributed by atoms with Gasteiger partial charge in [0.25, 0.3) is 5.56 Å². The number of ether oxygens (including phenoxy) is 1. The van der Waals surface area contributed by atoms with Gasteiger partial charge in [0.15, 0.2) is 0 Å². The molecule has 0 amide bonds. The minimum Gasteiger partial charge on any atom is -0.497 e. The first-order chi connectivity index (χ1) is 15.2. The number of rotatable bonds is 5. The summed E-state index contributed by atoms with van der Waals surface area (Å²) in [7, 11) is 1.61. The number of para-hydroxylation sites is 1. The molecule has 6 heteroatoms. The highest BCUT2D eigenvalue weighted by molar-refractivity contribution is 6.05. The van der Waals surface area contributed by atoms with Crippen LogP contribution in [0.5, 0.6) is 5.75 Å². The number of halogens is 1. The number of methoxy groups -OCH3 is 1. The summed E-state index contributed by atoms with van der Waals surface area (Å²) in [5.74, 6) is 0.433. The van der Waals surface area contributed by atoms with Gasteiger partial charge in [-0.05, 0) is 29.8 Å². The number of aromatic nitrogens is 3. The molecule has 0 radical (unpaired) electrons. The zero-order valence-electron chi connectivity index (χ0n) is 17.0. The molecule has 0 saturated carbocycles. The lowest BCUT2D eigenvalue weighted by Crippen LogP contribution is -2.23. The lowest BCUT2D eigenvalue weighted by Gasteiger charge is -2.10. The number of hydrogen-bond donors (Lipinski definition) is 0. The number of nitrogens with zero attached hydrogens (tertiary/aromatic N) is 3. The summed E-state index contributed by atoms with van der Waals surface area (Å²) >= 11 is 0. The molecular weight excluding hydrogens is 393 g/mol. The van der Waals surface area contributed by atoms with Crippen molar-refractivity contribution in [3.63, 3.8) is 0 Å². The van der Waals surface area contributed by atoms with Gasteiger partial charge >= 0.3 is 0 Å². The molecule has 0 aliphatic carbocycles. The molecule has 154 valence electrons. The van der Waals surface area contributed by atoms with E-state index >= 15 is 0 Å². The largest absolute Gasteiger partial charge is 0.497 e. The summed E-state index contributed by atoms with van der Waals surface area (Å²) in [6.07, 6.45) is 1.57. The fraction of sp³-hybridized carbons (Fsp3) is 0.120. The van der Waals surface area contributed by atoms with Crippen molar-refractivity contribution in [3.8, 4) is 5.75 Å². The van der Waals surface area contributed by atoms with E-state index in [-0.39, 0.29) is 17.9 Å². The van der Waals surface area contributed by atoms with E-state index in [9.17, 15) is 9.18 Å². The summed E-state index contributed by atoms with van der Waals surface area (Å²) in [6, 6.07) is 21.9. The zero-order valence-corrected chi connectivity index (χ0v) is 17.0. The molecule has 0 N–H and O–H groups in total. The van der Waals surface area contributed by atoms with Crippen LogP contribution in [0.4, 0.5) is 4.39 Å². The van der Waals surface area contributed by atoms with E-state index in [0.29, 0.717) is 23.1 Å². The highest BCUT2D eigenvalue weighted by Gasteiger charge is 2.17. The van der Waals surface area contributed by atoms with E-state index < -0.39 is 0 Å². The molecule has 0 bridgehead atoms. The molecule has 5 nitrogen and oxygen atoms in total. The van der Waals surface area contributed by atoms with E-state index in [2.05, 4.69) is 4.98 Å². The van der Waals surface area contributed by atoms with E-state index in [1.54, 1.807) is 36.2 Å². The monoisotopic (exact) mass is 413 g/mol. The summed E-state index contributed by atoms with van der Waals surface area (Å²) < 4.78 is 23.1. The van der Waals surface area contributed by atoms with Crippen molar-refractivity contribution < 1.29 is 9.13 Å². The minimum absolute atomic E-state index is 0.166. The van der Waals surface area contributed by atoms with Gasteiger partial charge in [0.2, 0.25) is 0 Å². The third kappa shape index (κ3) is 3.36. The maximum absolute atomic E-state index is 14.4. The van der Waals surface area contributed by atoms with Gasteiger partial charge < -0.3 is 9.30 Å². The maximum Gasteiger partial charge on any atom is 0.278 e. The SMILES string of the molecule is COc1cccc(Cn2cnc3c4ccccc4n(Cc4ccccc4F)c3c2=O)c1. The van der Waals surface area contributed by atoms with Gasteiger partial charge in [0.05, 0.1) is 32.0 Å². The Hall–Kier alpha value is -3.93. The summed E-state index contributed by atoms with van der Waals surface area (Å²) in [4.78, 5) is 18.1. The molecule has 0 spiro atoms. The number of benzene rings is 3. The fourth-order valence-electron chi connectivity index (χ4n) is 3.99. The molecule has 0 unspecified atom stereocenters. The lowest BCUT2D eigenvalue weighted by atomic mass is 10.2. The Kier molecular flexibility index (Phi) is 4.75. The van der Waals surface area contributed by atoms with Crippen LogP contribution in [0.3, 0.4) is 0 Å². The Labute approximate surface area is 178 Å². The summed E-state index contributed by atoms with van der Waals surface area (Å²) in [5.41, 5.74) is 3.23. The zero-order chi connectivity index (χ0) is 21.4. The molecule has 31 heavy (non-hydrogen) atoms. The smallest absolute Gasteiger partial charge is 0.278 e. The highest BCUT2D eigenvalue weighted by atomic mass is 19.1. The lowest BCUT2D eigenvalue weighted by molar-refractivity contribution is 0.414. The van der Waals surface area contributed by atoms with Gasteiger partial charge in [-0.25, -0.2) is 9.37 Å². The van der Waals surface area contributed by atoms with Crippen molar-refractivity contribution in [1.82, 2.24) is 14.1 Å². The van der Waals surface area contributed by atoms with Gasteiger partial charge in [0, 0.05) is 10.9 Å². The van der Waals surface area contributed by atoms with Crippen molar-refractivity contribution in [1.29, 1.82) is 0 Å². The van der Waals surface area contributed by atoms with Crippen molar-refractivity contribution in [3.05, 3.63) is 106 Å². The summed E-state index contributed by atoms with van der Waals surface area (Å²) in [6.45, 7) is 0.608. The molecule has 5 aromatic rings. The van der Waals surface area contributed by atoms with Crippen LogP contribution in [0.2, 0.25) is 0 Å². The number of hydrogen-bond acceptors (Lipinski definition) is 3. The van der Waals surface area contributed by atoms with Crippen molar-refractivity contribution in [2.45, 2.75) is 13.1 Å². The van der Waals surface area contributed by atoms with Crippen LogP contribution in [0.1, 0.15) is 11.1 Å². The van der Waals surface area contributed by atoms with Crippen LogP contribution in [-0.2, 0) is 13.1 Å². The van der Waals surface area contributed by atoms with E-state index in [4.69, 9.17) is 4.74 Å². The Morgan fingerprint density at radius 3 is 2.61 bits per heavy atom. The van der Waals surface area contributed by atoms with Crippen LogP contribution >= 0.6 is 0 Å². The van der Waals surface area contributed by atoms with Crippen molar-refractivity contribution in [2.75, 3.05) is 7.11 Å². The van der Waals surface area contributed by atoms with Crippen LogP contribution in [0.25, 0.3) is 21.9 Å². The van der Waals surface area contributed by atoms with E-state index in [1.807, 2.05) is 53.1 Å². The predicted molar refractivity (Wildman–Crippen MR) is 119 cm³/mol. The molecule has 2 heterocycles. The third-order valence-electron chi connectivity index (χ3n) is 5.51. The standard InChI is InChI=1S/C25H20FN3O2/c1-31-19-9-6-7-17(13-19)14-28-16-27-23-20-10-3-5-12-22(20)29(24(23)25(28)30)15-18-8-2-4-11-21(18)26/h2-13,16H,14-15H2,1H3. The first-order valence-corrected chi connectivity index (χ1v) is 9.98. The number of fused-ring (bicyclic) bond motifs is 3. The van der Waals surface area contributed by atoms with Gasteiger partial charge in [-0.1, -0.05) is 48.5 Å². The van der Waals surface area contributed by atoms with Crippen LogP contribution < -0.4 is 10.3 Å². The average Bonchev–Trinajstić information content (AvgIpc) is 3.12. The normalized spacial score (nSPS) is 11.3. The van der Waals surface area contributed by atoms with E-state index in [0.717, 1.165) is 22.2 Å². The first kappa shape index (κ1) is 19.1. The molecule has 2 aromatic heterocycles. The van der Waals surface area contributed by atoms with Crippen molar-refractivity contribution in [2.24, 2.45) is 0 Å². The Balaban J connectivity index is 1.70. The highest BCUT2D eigenvalue weighted by Crippen LogP contribution is 2.26. The molecule has 3 aromatic carbocycles.